The third-order valence-electron chi connectivity index (χ3n) is 4.80. The predicted octanol–water partition coefficient (Wildman–Crippen LogP) is 1.96. The molecule has 0 unspecified atom stereocenters. The van der Waals surface area contributed by atoms with E-state index in [1.54, 1.807) is 15.2 Å². The van der Waals surface area contributed by atoms with Gasteiger partial charge in [0.2, 0.25) is 10.0 Å². The Bertz CT molecular complexity index is 1020. The van der Waals surface area contributed by atoms with Crippen molar-refractivity contribution in [3.63, 3.8) is 0 Å². The molecule has 0 spiro atoms. The van der Waals surface area contributed by atoms with Crippen LogP contribution in [0, 0.1) is 0 Å². The molecule has 0 bridgehead atoms. The van der Waals surface area contributed by atoms with Crippen LogP contribution in [0.1, 0.15) is 6.92 Å². The number of aryl methyl sites for hydroxylation is 1. The fourth-order valence-corrected chi connectivity index (χ4v) is 4.70. The maximum atomic E-state index is 12.8. The van der Waals surface area contributed by atoms with Gasteiger partial charge in [0.25, 0.3) is 0 Å². The zero-order valence-electron chi connectivity index (χ0n) is 14.6. The number of pyridine rings is 1. The van der Waals surface area contributed by atoms with E-state index in [0.717, 1.165) is 16.5 Å². The average Bonchev–Trinajstić information content (AvgIpc) is 3.18. The zero-order valence-corrected chi connectivity index (χ0v) is 15.4. The zero-order chi connectivity index (χ0) is 18.1. The third kappa shape index (κ3) is 2.95. The molecule has 0 radical (unpaired) electrons. The summed E-state index contributed by atoms with van der Waals surface area (Å²) in [5, 5.41) is 6.32. The second-order valence-electron chi connectivity index (χ2n) is 6.30. The van der Waals surface area contributed by atoms with Crippen LogP contribution in [-0.2, 0) is 16.6 Å². The highest BCUT2D eigenvalue weighted by Crippen LogP contribution is 2.27. The molecule has 0 amide bonds. The van der Waals surface area contributed by atoms with Crippen molar-refractivity contribution in [3.8, 4) is 0 Å². The van der Waals surface area contributed by atoms with E-state index in [2.05, 4.69) is 21.0 Å². The van der Waals surface area contributed by atoms with Gasteiger partial charge in [0.15, 0.2) is 0 Å². The molecular formula is C18H21N5O2S. The van der Waals surface area contributed by atoms with Gasteiger partial charge in [0.05, 0.1) is 18.1 Å². The predicted molar refractivity (Wildman–Crippen MR) is 101 cm³/mol. The number of fused-ring (bicyclic) bond motifs is 1. The van der Waals surface area contributed by atoms with Crippen molar-refractivity contribution in [2.24, 2.45) is 0 Å². The highest BCUT2D eigenvalue weighted by atomic mass is 32.2. The van der Waals surface area contributed by atoms with Crippen molar-refractivity contribution in [1.29, 1.82) is 0 Å². The van der Waals surface area contributed by atoms with Crippen LogP contribution < -0.4 is 4.90 Å². The fourth-order valence-electron chi connectivity index (χ4n) is 3.32. The molecule has 0 saturated carbocycles. The van der Waals surface area contributed by atoms with Gasteiger partial charge in [0, 0.05) is 55.9 Å². The van der Waals surface area contributed by atoms with Gasteiger partial charge in [-0.2, -0.15) is 9.40 Å². The first-order valence-electron chi connectivity index (χ1n) is 8.70. The molecule has 1 saturated heterocycles. The Morgan fingerprint density at radius 1 is 1.04 bits per heavy atom. The van der Waals surface area contributed by atoms with Gasteiger partial charge in [0.1, 0.15) is 4.90 Å². The van der Waals surface area contributed by atoms with Crippen LogP contribution in [0.25, 0.3) is 10.8 Å². The van der Waals surface area contributed by atoms with E-state index in [9.17, 15) is 8.42 Å². The van der Waals surface area contributed by atoms with Gasteiger partial charge >= 0.3 is 0 Å². The highest BCUT2D eigenvalue weighted by molar-refractivity contribution is 7.89. The minimum absolute atomic E-state index is 0.264. The van der Waals surface area contributed by atoms with Gasteiger partial charge < -0.3 is 4.90 Å². The van der Waals surface area contributed by atoms with Crippen molar-refractivity contribution in [2.75, 3.05) is 31.1 Å². The number of benzene rings is 1. The molecule has 1 aromatic carbocycles. The SMILES string of the molecule is CCn1cc(S(=O)(=O)N2CCN(c3cncc4ccccc34)CC2)cn1. The number of hydrogen-bond donors (Lipinski definition) is 0. The standard InChI is InChI=1S/C18H21N5O2S/c1-2-22-14-16(12-20-22)26(24,25)23-9-7-21(8-10-23)18-13-19-11-15-5-3-4-6-17(15)18/h3-6,11-14H,2,7-10H2,1H3. The summed E-state index contributed by atoms with van der Waals surface area (Å²) in [6.07, 6.45) is 6.73. The molecular weight excluding hydrogens is 350 g/mol. The Labute approximate surface area is 152 Å². The van der Waals surface area contributed by atoms with Gasteiger partial charge in [-0.15, -0.1) is 0 Å². The Balaban J connectivity index is 1.53. The second kappa shape index (κ2) is 6.69. The summed E-state index contributed by atoms with van der Waals surface area (Å²) in [4.78, 5) is 6.80. The van der Waals surface area contributed by atoms with E-state index in [0.29, 0.717) is 32.7 Å². The molecule has 1 aliphatic rings. The normalized spacial score (nSPS) is 16.3. The summed E-state index contributed by atoms with van der Waals surface area (Å²) >= 11 is 0. The van der Waals surface area contributed by atoms with Crippen LogP contribution in [0.3, 0.4) is 0 Å². The quantitative estimate of drug-likeness (QED) is 0.701. The van der Waals surface area contributed by atoms with Gasteiger partial charge in [-0.3, -0.25) is 9.67 Å². The van der Waals surface area contributed by atoms with E-state index in [1.807, 2.05) is 37.5 Å². The summed E-state index contributed by atoms with van der Waals surface area (Å²) in [6.45, 7) is 4.75. The molecule has 3 aromatic rings. The number of hydrogen-bond acceptors (Lipinski definition) is 5. The summed E-state index contributed by atoms with van der Waals surface area (Å²) < 4.78 is 28.8. The van der Waals surface area contributed by atoms with E-state index < -0.39 is 10.0 Å². The highest BCUT2D eigenvalue weighted by Gasteiger charge is 2.30. The molecule has 3 heterocycles. The molecule has 136 valence electrons. The van der Waals surface area contributed by atoms with E-state index in [4.69, 9.17) is 0 Å². The summed E-state index contributed by atoms with van der Waals surface area (Å²) in [6, 6.07) is 8.12. The van der Waals surface area contributed by atoms with Gasteiger partial charge in [-0.25, -0.2) is 8.42 Å². The molecule has 0 aliphatic carbocycles. The lowest BCUT2D eigenvalue weighted by Crippen LogP contribution is -2.48. The first-order chi connectivity index (χ1) is 12.6. The van der Waals surface area contributed by atoms with E-state index >= 15 is 0 Å². The van der Waals surface area contributed by atoms with Crippen molar-refractivity contribution >= 4 is 26.5 Å². The maximum absolute atomic E-state index is 12.8. The number of aromatic nitrogens is 3. The molecule has 0 atom stereocenters. The average molecular weight is 371 g/mol. The molecule has 2 aromatic heterocycles. The lowest BCUT2D eigenvalue weighted by molar-refractivity contribution is 0.385. The fraction of sp³-hybridized carbons (Fsp3) is 0.333. The lowest BCUT2D eigenvalue weighted by atomic mass is 10.1. The topological polar surface area (TPSA) is 71.3 Å². The van der Waals surface area contributed by atoms with Crippen LogP contribution >= 0.6 is 0 Å². The number of sulfonamides is 1. The minimum atomic E-state index is -3.49. The largest absolute Gasteiger partial charge is 0.367 e. The van der Waals surface area contributed by atoms with E-state index in [1.165, 1.54) is 6.20 Å². The second-order valence-corrected chi connectivity index (χ2v) is 8.24. The van der Waals surface area contributed by atoms with Crippen molar-refractivity contribution < 1.29 is 8.42 Å². The molecule has 1 fully saturated rings. The first-order valence-corrected chi connectivity index (χ1v) is 10.1. The van der Waals surface area contributed by atoms with Gasteiger partial charge in [-0.05, 0) is 6.92 Å². The Morgan fingerprint density at radius 3 is 2.54 bits per heavy atom. The maximum Gasteiger partial charge on any atom is 0.246 e. The van der Waals surface area contributed by atoms with Crippen LogP contribution in [0.2, 0.25) is 0 Å². The Kier molecular flexibility index (Phi) is 4.37. The first kappa shape index (κ1) is 17.0. The third-order valence-corrected chi connectivity index (χ3v) is 6.65. The van der Waals surface area contributed by atoms with Crippen LogP contribution in [-0.4, -0.2) is 53.7 Å². The monoisotopic (exact) mass is 371 g/mol. The number of anilines is 1. The van der Waals surface area contributed by atoms with Crippen LogP contribution in [0.15, 0.2) is 53.9 Å². The Hall–Kier alpha value is -2.45. The molecule has 7 nitrogen and oxygen atoms in total. The smallest absolute Gasteiger partial charge is 0.246 e. The summed E-state index contributed by atoms with van der Waals surface area (Å²) in [5.41, 5.74) is 1.05. The molecule has 8 heteroatoms. The van der Waals surface area contributed by atoms with E-state index in [-0.39, 0.29) is 4.90 Å². The number of piperazine rings is 1. The van der Waals surface area contributed by atoms with Crippen LogP contribution in [0.5, 0.6) is 0 Å². The summed E-state index contributed by atoms with van der Waals surface area (Å²) in [7, 11) is -3.49. The minimum Gasteiger partial charge on any atom is -0.367 e. The van der Waals surface area contributed by atoms with Crippen molar-refractivity contribution in [2.45, 2.75) is 18.4 Å². The van der Waals surface area contributed by atoms with Crippen molar-refractivity contribution in [3.05, 3.63) is 49.1 Å². The van der Waals surface area contributed by atoms with Gasteiger partial charge in [-0.1, -0.05) is 24.3 Å². The molecule has 0 N–H and O–H groups in total. The van der Waals surface area contributed by atoms with Crippen LogP contribution in [0.4, 0.5) is 5.69 Å². The molecule has 26 heavy (non-hydrogen) atoms. The lowest BCUT2D eigenvalue weighted by Gasteiger charge is -2.35. The molecule has 4 rings (SSSR count). The van der Waals surface area contributed by atoms with Crippen molar-refractivity contribution in [1.82, 2.24) is 19.1 Å². The number of nitrogens with zero attached hydrogens (tertiary/aromatic N) is 5. The number of rotatable bonds is 4. The Morgan fingerprint density at radius 2 is 1.81 bits per heavy atom. The summed E-state index contributed by atoms with van der Waals surface area (Å²) in [5.74, 6) is 0. The molecule has 1 aliphatic heterocycles.